The molecule has 0 bridgehead atoms. The number of hydrogen-bond acceptors (Lipinski definition) is 4. The van der Waals surface area contributed by atoms with E-state index in [1.165, 1.54) is 0 Å². The van der Waals surface area contributed by atoms with Crippen LogP contribution in [0, 0.1) is 5.92 Å². The zero-order valence-corrected chi connectivity index (χ0v) is 16.2. The molecule has 0 saturated carbocycles. The second kappa shape index (κ2) is 9.42. The Bertz CT molecular complexity index is 683. The molecular weight excluding hydrogens is 334 g/mol. The van der Waals surface area contributed by atoms with Crippen molar-refractivity contribution in [3.05, 3.63) is 40.3 Å². The number of para-hydroxylation sites is 2. The second-order valence-electron chi connectivity index (χ2n) is 6.66. The smallest absolute Gasteiger partial charge is 0.319 e. The summed E-state index contributed by atoms with van der Waals surface area (Å²) in [7, 11) is 0. The van der Waals surface area contributed by atoms with Gasteiger partial charge in [-0.2, -0.15) is 0 Å². The van der Waals surface area contributed by atoms with Crippen LogP contribution in [0.5, 0.6) is 5.75 Å². The van der Waals surface area contributed by atoms with E-state index in [0.29, 0.717) is 36.4 Å². The maximum Gasteiger partial charge on any atom is 0.319 e. The quantitative estimate of drug-likeness (QED) is 0.718. The van der Waals surface area contributed by atoms with Crippen molar-refractivity contribution >= 4 is 23.1 Å². The summed E-state index contributed by atoms with van der Waals surface area (Å²) in [4.78, 5) is 16.7. The molecule has 2 N–H and O–H groups in total. The molecule has 0 saturated heterocycles. The Kier molecular flexibility index (Phi) is 7.25. The number of carbonyl (C=O) groups excluding carboxylic acids is 1. The number of anilines is 1. The number of benzene rings is 1. The fraction of sp³-hybridized carbons (Fsp3) is 0.474. The number of hydrogen-bond donors (Lipinski definition) is 2. The van der Waals surface area contributed by atoms with Gasteiger partial charge in [-0.15, -0.1) is 11.3 Å². The highest BCUT2D eigenvalue weighted by atomic mass is 32.1. The van der Waals surface area contributed by atoms with Gasteiger partial charge >= 0.3 is 6.03 Å². The van der Waals surface area contributed by atoms with Crippen LogP contribution in [0.25, 0.3) is 0 Å². The minimum Gasteiger partial charge on any atom is -0.491 e. The van der Waals surface area contributed by atoms with Crippen LogP contribution in [0.2, 0.25) is 0 Å². The molecule has 0 aliphatic carbocycles. The van der Waals surface area contributed by atoms with Gasteiger partial charge in [0.25, 0.3) is 0 Å². The molecule has 1 aromatic carbocycles. The minimum atomic E-state index is -0.236. The van der Waals surface area contributed by atoms with Crippen LogP contribution in [0.15, 0.2) is 29.6 Å². The van der Waals surface area contributed by atoms with Crippen LogP contribution in [0.1, 0.15) is 44.3 Å². The zero-order valence-electron chi connectivity index (χ0n) is 15.3. The van der Waals surface area contributed by atoms with Gasteiger partial charge in [0.1, 0.15) is 5.75 Å². The molecule has 2 rings (SSSR count). The summed E-state index contributed by atoms with van der Waals surface area (Å²) in [6.45, 7) is 9.60. The molecule has 136 valence electrons. The molecule has 0 radical (unpaired) electrons. The predicted octanol–water partition coefficient (Wildman–Crippen LogP) is 4.67. The molecule has 0 atom stereocenters. The van der Waals surface area contributed by atoms with Crippen LogP contribution in [0.4, 0.5) is 10.5 Å². The molecule has 0 aliphatic rings. The highest BCUT2D eigenvalue weighted by molar-refractivity contribution is 7.09. The van der Waals surface area contributed by atoms with Gasteiger partial charge in [-0.25, -0.2) is 9.78 Å². The number of ether oxygens (including phenoxy) is 1. The van der Waals surface area contributed by atoms with Crippen molar-refractivity contribution in [3.63, 3.8) is 0 Å². The largest absolute Gasteiger partial charge is 0.491 e. The Hall–Kier alpha value is -2.08. The summed E-state index contributed by atoms with van der Waals surface area (Å²) in [5, 5.41) is 8.91. The first-order valence-corrected chi connectivity index (χ1v) is 9.54. The Labute approximate surface area is 153 Å². The van der Waals surface area contributed by atoms with Crippen molar-refractivity contribution < 1.29 is 9.53 Å². The maximum absolute atomic E-state index is 12.1. The third-order valence-corrected chi connectivity index (χ3v) is 4.63. The topological polar surface area (TPSA) is 63.2 Å². The van der Waals surface area contributed by atoms with Gasteiger partial charge in [-0.1, -0.05) is 39.8 Å². The van der Waals surface area contributed by atoms with Gasteiger partial charge in [-0.3, -0.25) is 0 Å². The van der Waals surface area contributed by atoms with E-state index >= 15 is 0 Å². The molecule has 1 aromatic heterocycles. The monoisotopic (exact) mass is 361 g/mol. The van der Waals surface area contributed by atoms with Crippen LogP contribution in [0.3, 0.4) is 0 Å². The van der Waals surface area contributed by atoms with E-state index in [0.717, 1.165) is 17.1 Å². The van der Waals surface area contributed by atoms with Crippen molar-refractivity contribution in [1.29, 1.82) is 0 Å². The first-order valence-electron chi connectivity index (χ1n) is 8.66. The summed E-state index contributed by atoms with van der Waals surface area (Å²) in [6, 6.07) is 7.24. The molecule has 2 aromatic rings. The first-order chi connectivity index (χ1) is 12.0. The van der Waals surface area contributed by atoms with Gasteiger partial charge < -0.3 is 15.4 Å². The van der Waals surface area contributed by atoms with Gasteiger partial charge in [0.2, 0.25) is 0 Å². The Morgan fingerprint density at radius 1 is 1.24 bits per heavy atom. The summed E-state index contributed by atoms with van der Waals surface area (Å²) in [5.41, 5.74) is 1.70. The lowest BCUT2D eigenvalue weighted by atomic mass is 10.2. The van der Waals surface area contributed by atoms with Gasteiger partial charge in [0.15, 0.2) is 0 Å². The van der Waals surface area contributed by atoms with Crippen LogP contribution < -0.4 is 15.4 Å². The first kappa shape index (κ1) is 19.2. The highest BCUT2D eigenvalue weighted by Crippen LogP contribution is 2.24. The molecule has 5 nitrogen and oxygen atoms in total. The van der Waals surface area contributed by atoms with Crippen LogP contribution in [-0.4, -0.2) is 24.2 Å². The predicted molar refractivity (Wildman–Crippen MR) is 104 cm³/mol. The van der Waals surface area contributed by atoms with Crippen LogP contribution in [-0.2, 0) is 6.42 Å². The average Bonchev–Trinajstić information content (AvgIpc) is 3.03. The lowest BCUT2D eigenvalue weighted by Gasteiger charge is -2.14. The molecule has 6 heteroatoms. The Balaban J connectivity index is 1.81. The molecule has 1 heterocycles. The second-order valence-corrected chi connectivity index (χ2v) is 7.55. The van der Waals surface area contributed by atoms with Crippen molar-refractivity contribution in [3.8, 4) is 5.75 Å². The Morgan fingerprint density at radius 3 is 2.68 bits per heavy atom. The van der Waals surface area contributed by atoms with E-state index in [9.17, 15) is 4.79 Å². The zero-order chi connectivity index (χ0) is 18.2. The maximum atomic E-state index is 12.1. The third kappa shape index (κ3) is 6.38. The number of amides is 2. The molecule has 2 amide bonds. The lowest BCUT2D eigenvalue weighted by molar-refractivity contribution is 0.251. The van der Waals surface area contributed by atoms with E-state index < -0.39 is 0 Å². The van der Waals surface area contributed by atoms with E-state index in [1.54, 1.807) is 11.3 Å². The van der Waals surface area contributed by atoms with E-state index in [-0.39, 0.29) is 6.03 Å². The van der Waals surface area contributed by atoms with Crippen molar-refractivity contribution in [2.24, 2.45) is 5.92 Å². The number of carbonyl (C=O) groups is 1. The molecule has 0 aliphatic heterocycles. The van der Waals surface area contributed by atoms with Gasteiger partial charge in [0, 0.05) is 24.3 Å². The summed E-state index contributed by atoms with van der Waals surface area (Å²) >= 11 is 1.67. The van der Waals surface area contributed by atoms with Crippen LogP contribution >= 0.6 is 11.3 Å². The standard InChI is InChI=1S/C19H27N3O2S/c1-13(2)11-24-17-8-6-5-7-16(17)22-19(23)20-10-9-15-12-25-18(21-15)14(3)4/h5-8,12-14H,9-11H2,1-4H3,(H2,20,22,23). The normalized spacial score (nSPS) is 11.0. The van der Waals surface area contributed by atoms with Crippen molar-refractivity contribution in [2.75, 3.05) is 18.5 Å². The number of rotatable bonds is 8. The van der Waals surface area contributed by atoms with Crippen molar-refractivity contribution in [2.45, 2.75) is 40.0 Å². The summed E-state index contributed by atoms with van der Waals surface area (Å²) < 4.78 is 5.75. The molecule has 25 heavy (non-hydrogen) atoms. The van der Waals surface area contributed by atoms with Gasteiger partial charge in [-0.05, 0) is 18.1 Å². The fourth-order valence-corrected chi connectivity index (χ4v) is 2.99. The van der Waals surface area contributed by atoms with Gasteiger partial charge in [0.05, 0.1) is 23.0 Å². The highest BCUT2D eigenvalue weighted by Gasteiger charge is 2.09. The summed E-state index contributed by atoms with van der Waals surface area (Å²) in [6.07, 6.45) is 0.724. The summed E-state index contributed by atoms with van der Waals surface area (Å²) in [5.74, 6) is 1.56. The molecule has 0 fully saturated rings. The molecular formula is C19H27N3O2S. The number of urea groups is 1. The fourth-order valence-electron chi connectivity index (χ4n) is 2.13. The molecule has 0 spiro atoms. The number of nitrogens with one attached hydrogen (secondary N) is 2. The number of nitrogens with zero attached hydrogens (tertiary/aromatic N) is 1. The minimum absolute atomic E-state index is 0.236. The van der Waals surface area contributed by atoms with Crippen molar-refractivity contribution in [1.82, 2.24) is 10.3 Å². The van der Waals surface area contributed by atoms with E-state index in [2.05, 4.69) is 48.7 Å². The Morgan fingerprint density at radius 2 is 2.00 bits per heavy atom. The SMILES string of the molecule is CC(C)COc1ccccc1NC(=O)NCCc1csc(C(C)C)n1. The third-order valence-electron chi connectivity index (χ3n) is 3.44. The number of thiazole rings is 1. The number of aromatic nitrogens is 1. The lowest BCUT2D eigenvalue weighted by Crippen LogP contribution is -2.30. The van der Waals surface area contributed by atoms with E-state index in [1.807, 2.05) is 24.3 Å². The average molecular weight is 362 g/mol. The molecule has 0 unspecified atom stereocenters. The van der Waals surface area contributed by atoms with E-state index in [4.69, 9.17) is 4.74 Å².